The van der Waals surface area contributed by atoms with Gasteiger partial charge in [0.1, 0.15) is 0 Å². The summed E-state index contributed by atoms with van der Waals surface area (Å²) in [6, 6.07) is 4.18. The lowest BCUT2D eigenvalue weighted by Gasteiger charge is -2.03. The van der Waals surface area contributed by atoms with Crippen LogP contribution in [-0.4, -0.2) is 11.1 Å². The molecule has 2 N–H and O–H groups in total. The lowest BCUT2D eigenvalue weighted by Crippen LogP contribution is -2.06. The van der Waals surface area contributed by atoms with Gasteiger partial charge in [0.25, 0.3) is 0 Å². The largest absolute Gasteiger partial charge is 0.396 e. The quantitative estimate of drug-likeness (QED) is 0.499. The number of rotatable bonds is 2. The van der Waals surface area contributed by atoms with Gasteiger partial charge >= 0.3 is 0 Å². The van der Waals surface area contributed by atoms with Gasteiger partial charge in [0.05, 0.1) is 28.2 Å². The summed E-state index contributed by atoms with van der Waals surface area (Å²) in [7, 11) is 0. The molecular weight excluding hydrogens is 251 g/mol. The molecule has 0 saturated heterocycles. The number of carbonyl (C=O) groups excluding carboxylic acids is 1. The zero-order chi connectivity index (χ0) is 10.7. The molecule has 0 aliphatic heterocycles. The van der Waals surface area contributed by atoms with Crippen molar-refractivity contribution in [2.24, 2.45) is 0 Å². The fraction of sp³-hybridized carbons (Fsp3) is 0.111. The molecule has 1 rings (SSSR count). The van der Waals surface area contributed by atoms with Crippen LogP contribution in [0.25, 0.3) is 0 Å². The Morgan fingerprint density at radius 2 is 2.29 bits per heavy atom. The molecule has 0 saturated carbocycles. The molecule has 0 amide bonds. The van der Waals surface area contributed by atoms with Crippen LogP contribution in [0, 0.1) is 17.1 Å². The second kappa shape index (κ2) is 4.20. The van der Waals surface area contributed by atoms with E-state index in [2.05, 4.69) is 15.9 Å². The van der Waals surface area contributed by atoms with Gasteiger partial charge in [-0.15, -0.1) is 0 Å². The molecule has 1 aromatic rings. The fourth-order valence-corrected chi connectivity index (χ4v) is 1.29. The van der Waals surface area contributed by atoms with Crippen molar-refractivity contribution in [2.75, 3.05) is 11.1 Å². The maximum absolute atomic E-state index is 13.3. The Hall–Kier alpha value is -1.41. The number of anilines is 1. The van der Waals surface area contributed by atoms with Crippen LogP contribution < -0.4 is 5.73 Å². The minimum Gasteiger partial charge on any atom is -0.396 e. The molecule has 0 bridgehead atoms. The molecule has 0 spiro atoms. The Balaban J connectivity index is 3.36. The van der Waals surface area contributed by atoms with Gasteiger partial charge in [-0.3, -0.25) is 4.79 Å². The van der Waals surface area contributed by atoms with Gasteiger partial charge in [-0.2, -0.15) is 5.26 Å². The van der Waals surface area contributed by atoms with E-state index in [9.17, 15) is 9.18 Å². The first kappa shape index (κ1) is 10.7. The van der Waals surface area contributed by atoms with Crippen LogP contribution in [-0.2, 0) is 0 Å². The van der Waals surface area contributed by atoms with E-state index in [4.69, 9.17) is 11.0 Å². The summed E-state index contributed by atoms with van der Waals surface area (Å²) >= 11 is 2.92. The van der Waals surface area contributed by atoms with Gasteiger partial charge in [0.2, 0.25) is 0 Å². The average molecular weight is 257 g/mol. The van der Waals surface area contributed by atoms with Gasteiger partial charge in [-0.25, -0.2) is 4.39 Å². The van der Waals surface area contributed by atoms with E-state index in [0.717, 1.165) is 0 Å². The summed E-state index contributed by atoms with van der Waals surface area (Å²) in [5.41, 5.74) is 5.13. The van der Waals surface area contributed by atoms with Crippen LogP contribution in [0.4, 0.5) is 10.1 Å². The lowest BCUT2D eigenvalue weighted by molar-refractivity contribution is 0.102. The molecule has 0 aliphatic carbocycles. The number of alkyl halides is 1. The standard InChI is InChI=1S/C9H6BrFN2O/c10-3-8(14)6-1-5(4-12)2-7(13)9(6)11/h1-2H,3,13H2. The molecule has 0 aliphatic rings. The topological polar surface area (TPSA) is 66.9 Å². The third kappa shape index (κ3) is 1.91. The minimum atomic E-state index is -0.770. The summed E-state index contributed by atoms with van der Waals surface area (Å²) in [5.74, 6) is -1.21. The number of hydrogen-bond acceptors (Lipinski definition) is 3. The molecule has 3 nitrogen and oxygen atoms in total. The first-order chi connectivity index (χ1) is 6.60. The Morgan fingerprint density at radius 1 is 1.64 bits per heavy atom. The molecule has 1 aromatic carbocycles. The molecule has 0 radical (unpaired) electrons. The molecule has 0 atom stereocenters. The number of carbonyl (C=O) groups is 1. The zero-order valence-electron chi connectivity index (χ0n) is 7.05. The second-order valence-electron chi connectivity index (χ2n) is 2.60. The van der Waals surface area contributed by atoms with Crippen molar-refractivity contribution >= 4 is 27.4 Å². The molecule has 72 valence electrons. The smallest absolute Gasteiger partial charge is 0.176 e. The van der Waals surface area contributed by atoms with Crippen molar-refractivity contribution in [3.05, 3.63) is 29.1 Å². The number of nitriles is 1. The molecule has 5 heteroatoms. The van der Waals surface area contributed by atoms with Crippen molar-refractivity contribution in [1.82, 2.24) is 0 Å². The number of nitrogens with two attached hydrogens (primary N) is 1. The number of Topliss-reactive ketones (excluding diaryl/α,β-unsaturated/α-hetero) is 1. The number of nitrogen functional groups attached to an aromatic ring is 1. The Morgan fingerprint density at radius 3 is 2.79 bits per heavy atom. The first-order valence-corrected chi connectivity index (χ1v) is 4.80. The van der Waals surface area contributed by atoms with Crippen molar-refractivity contribution in [1.29, 1.82) is 5.26 Å². The Bertz CT molecular complexity index is 426. The zero-order valence-corrected chi connectivity index (χ0v) is 8.64. The van der Waals surface area contributed by atoms with Gasteiger partial charge in [-0.1, -0.05) is 15.9 Å². The summed E-state index contributed by atoms with van der Waals surface area (Å²) in [6.45, 7) is 0. The summed E-state index contributed by atoms with van der Waals surface area (Å²) in [5, 5.41) is 8.58. The average Bonchev–Trinajstić information content (AvgIpc) is 2.20. The van der Waals surface area contributed by atoms with Gasteiger partial charge in [0.15, 0.2) is 11.6 Å². The SMILES string of the molecule is N#Cc1cc(N)c(F)c(C(=O)CBr)c1. The number of hydrogen-bond donors (Lipinski definition) is 1. The van der Waals surface area contributed by atoms with Gasteiger partial charge in [0, 0.05) is 0 Å². The number of halogens is 2. The molecule has 0 fully saturated rings. The van der Waals surface area contributed by atoms with Crippen LogP contribution in [0.1, 0.15) is 15.9 Å². The van der Waals surface area contributed by atoms with E-state index in [0.29, 0.717) is 0 Å². The summed E-state index contributed by atoms with van der Waals surface area (Å²) in [4.78, 5) is 11.2. The predicted octanol–water partition coefficient (Wildman–Crippen LogP) is 1.86. The van der Waals surface area contributed by atoms with Crippen LogP contribution in [0.5, 0.6) is 0 Å². The lowest BCUT2D eigenvalue weighted by atomic mass is 10.1. The van der Waals surface area contributed by atoms with Crippen molar-refractivity contribution in [2.45, 2.75) is 0 Å². The van der Waals surface area contributed by atoms with Crippen LogP contribution in [0.2, 0.25) is 0 Å². The number of nitrogens with zero attached hydrogens (tertiary/aromatic N) is 1. The van der Waals surface area contributed by atoms with Gasteiger partial charge < -0.3 is 5.73 Å². The fourth-order valence-electron chi connectivity index (χ4n) is 0.986. The predicted molar refractivity (Wildman–Crippen MR) is 53.7 cm³/mol. The third-order valence-corrected chi connectivity index (χ3v) is 2.16. The highest BCUT2D eigenvalue weighted by atomic mass is 79.9. The maximum atomic E-state index is 13.3. The van der Waals surface area contributed by atoms with E-state index < -0.39 is 11.6 Å². The molecular formula is C9H6BrFN2O. The highest BCUT2D eigenvalue weighted by molar-refractivity contribution is 9.09. The highest BCUT2D eigenvalue weighted by Crippen LogP contribution is 2.18. The monoisotopic (exact) mass is 256 g/mol. The highest BCUT2D eigenvalue weighted by Gasteiger charge is 2.14. The first-order valence-electron chi connectivity index (χ1n) is 3.68. The summed E-state index contributed by atoms with van der Waals surface area (Å²) in [6.07, 6.45) is 0. The second-order valence-corrected chi connectivity index (χ2v) is 3.16. The van der Waals surface area contributed by atoms with E-state index in [-0.39, 0.29) is 22.1 Å². The summed E-state index contributed by atoms with van der Waals surface area (Å²) < 4.78 is 13.3. The van der Waals surface area contributed by atoms with Crippen LogP contribution in [0.15, 0.2) is 12.1 Å². The number of ketones is 1. The maximum Gasteiger partial charge on any atom is 0.176 e. The molecule has 0 unspecified atom stereocenters. The molecule has 0 heterocycles. The van der Waals surface area contributed by atoms with Crippen LogP contribution in [0.3, 0.4) is 0 Å². The normalized spacial score (nSPS) is 9.50. The molecule has 0 aromatic heterocycles. The van der Waals surface area contributed by atoms with Gasteiger partial charge in [-0.05, 0) is 12.1 Å². The Labute approximate surface area is 88.5 Å². The van der Waals surface area contributed by atoms with E-state index >= 15 is 0 Å². The van der Waals surface area contributed by atoms with Crippen molar-refractivity contribution < 1.29 is 9.18 Å². The van der Waals surface area contributed by atoms with Crippen molar-refractivity contribution in [3.8, 4) is 6.07 Å². The van der Waals surface area contributed by atoms with Crippen LogP contribution >= 0.6 is 15.9 Å². The number of benzene rings is 1. The molecule has 14 heavy (non-hydrogen) atoms. The third-order valence-electron chi connectivity index (χ3n) is 1.65. The Kier molecular flexibility index (Phi) is 3.20. The van der Waals surface area contributed by atoms with E-state index in [1.807, 2.05) is 0 Å². The van der Waals surface area contributed by atoms with E-state index in [1.165, 1.54) is 12.1 Å². The minimum absolute atomic E-state index is 0.00174. The van der Waals surface area contributed by atoms with Crippen molar-refractivity contribution in [3.63, 3.8) is 0 Å². The van der Waals surface area contributed by atoms with E-state index in [1.54, 1.807) is 6.07 Å².